The van der Waals surface area contributed by atoms with Crippen molar-refractivity contribution < 1.29 is 47.4 Å². The number of piperidine rings is 2. The van der Waals surface area contributed by atoms with Crippen LogP contribution in [0.1, 0.15) is 168 Å². The molecule has 3 N–H and O–H groups in total. The van der Waals surface area contributed by atoms with Gasteiger partial charge in [-0.3, -0.25) is 43.6 Å². The Labute approximate surface area is 564 Å². The van der Waals surface area contributed by atoms with Crippen molar-refractivity contribution in [2.45, 2.75) is 154 Å². The van der Waals surface area contributed by atoms with E-state index in [1.165, 1.54) is 12.4 Å². The number of ether oxygens (including phenoxy) is 1. The topological polar surface area (TPSA) is 208 Å². The number of hydrogen-bond acceptors (Lipinski definition) is 14. The number of carbonyl (C=O) groups excluding carboxylic acids is 6. The highest BCUT2D eigenvalue weighted by molar-refractivity contribution is 6.30. The molecule has 6 amide bonds. The van der Waals surface area contributed by atoms with Gasteiger partial charge >= 0.3 is 6.09 Å². The van der Waals surface area contributed by atoms with E-state index in [1.807, 2.05) is 52.3 Å². The van der Waals surface area contributed by atoms with Gasteiger partial charge in [-0.1, -0.05) is 68.1 Å². The van der Waals surface area contributed by atoms with Crippen molar-refractivity contribution in [3.8, 4) is 0 Å². The Balaban J connectivity index is 0.661. The largest absolute Gasteiger partial charge is 0.444 e. The van der Waals surface area contributed by atoms with Gasteiger partial charge in [0, 0.05) is 131 Å². The van der Waals surface area contributed by atoms with Crippen LogP contribution in [0.4, 0.5) is 19.4 Å². The predicted molar refractivity (Wildman–Crippen MR) is 361 cm³/mol. The number of piperazine rings is 2. The number of aliphatic hydroxyl groups excluding tert-OH is 1. The zero-order valence-electron chi connectivity index (χ0n) is 56.5. The molecule has 4 aromatic rings. The normalized spacial score (nSPS) is 20.9. The van der Waals surface area contributed by atoms with Crippen molar-refractivity contribution in [3.63, 3.8) is 0 Å². The van der Waals surface area contributed by atoms with Crippen LogP contribution >= 0.6 is 11.6 Å². The summed E-state index contributed by atoms with van der Waals surface area (Å²) in [5.74, 6) is -1.28. The number of amides is 6. The van der Waals surface area contributed by atoms with Crippen LogP contribution in [-0.2, 0) is 30.5 Å². The quantitative estimate of drug-likeness (QED) is 0.0674. The number of likely N-dealkylation sites (tertiary alicyclic amines) is 2. The molecule has 5 heterocycles. The molecule has 1 saturated carbocycles. The molecule has 4 aliphatic heterocycles. The first kappa shape index (κ1) is 70.9. The lowest BCUT2D eigenvalue weighted by Crippen LogP contribution is -2.57. The smallest absolute Gasteiger partial charge is 0.411 e. The van der Waals surface area contributed by atoms with Crippen LogP contribution in [0, 0.1) is 23.5 Å². The summed E-state index contributed by atoms with van der Waals surface area (Å²) in [5, 5.41) is 17.6. The molecule has 6 aliphatic rings. The van der Waals surface area contributed by atoms with Gasteiger partial charge in [0.15, 0.2) is 0 Å². The summed E-state index contributed by atoms with van der Waals surface area (Å²) >= 11 is 6.34. The number of nitrogens with zero attached hydrogens (tertiary/aromatic N) is 10. The summed E-state index contributed by atoms with van der Waals surface area (Å²) in [7, 11) is 0. The molecule has 23 heteroatoms. The van der Waals surface area contributed by atoms with E-state index >= 15 is 0 Å². The molecule has 95 heavy (non-hydrogen) atoms. The molecule has 10 rings (SSSR count). The fraction of sp³-hybridized carbons (Fsp3) is 0.611. The lowest BCUT2D eigenvalue weighted by atomic mass is 9.83. The van der Waals surface area contributed by atoms with Gasteiger partial charge in [0.2, 0.25) is 23.6 Å². The summed E-state index contributed by atoms with van der Waals surface area (Å²) < 4.78 is 34.2. The minimum absolute atomic E-state index is 0.0157. The molecule has 4 saturated heterocycles. The standard InChI is InChI=1S/C72H99ClF2N12O8/c1-48(2)85(44-59(51-17-20-57(73)21-18-51)69(92)83-36-34-82(35-37-83)67-64-49(3)38-61(88)66(64)77-47-78-67)29-25-76-62(89)45-80-27-23-50(24-28-80)41-81-30-32-84(33-31-81)70(93)65(52-12-8-7-9-13-52)79-68(91)54-15-10-14-53(39-54)55-16-11-26-86(42-55)63(90)46-87(71(94)95-72(4,5)6)43-56-19-22-58(74)40-60(56)75/h10,14-15,17-22,39-40,47-50,52,55,59,61,65,88H,7-9,11-13,16,23-38,41-46H2,1-6H3,(H,76,89)(H,79,91)/t49-,55?,59-,61-,65-/m1/s1. The first-order valence-electron chi connectivity index (χ1n) is 34.7. The Bertz CT molecular complexity index is 3290. The van der Waals surface area contributed by atoms with Gasteiger partial charge in [-0.2, -0.15) is 0 Å². The van der Waals surface area contributed by atoms with E-state index in [-0.39, 0.29) is 72.0 Å². The van der Waals surface area contributed by atoms with Crippen LogP contribution in [0.25, 0.3) is 0 Å². The van der Waals surface area contributed by atoms with Gasteiger partial charge in [-0.05, 0) is 152 Å². The highest BCUT2D eigenvalue weighted by atomic mass is 35.5. The molecule has 516 valence electrons. The first-order valence-corrected chi connectivity index (χ1v) is 35.1. The predicted octanol–water partition coefficient (Wildman–Crippen LogP) is 8.59. The van der Waals surface area contributed by atoms with Crippen molar-refractivity contribution in [2.75, 3.05) is 123 Å². The monoisotopic (exact) mass is 1330 g/mol. The molecular weight excluding hydrogens is 1230 g/mol. The number of hydrogen-bond donors (Lipinski definition) is 3. The van der Waals surface area contributed by atoms with E-state index in [0.717, 1.165) is 124 Å². The fourth-order valence-electron chi connectivity index (χ4n) is 14.9. The third-order valence-electron chi connectivity index (χ3n) is 20.3. The van der Waals surface area contributed by atoms with E-state index in [2.05, 4.69) is 61.0 Å². The molecular formula is C72H99ClF2N12O8. The lowest BCUT2D eigenvalue weighted by Gasteiger charge is -2.41. The van der Waals surface area contributed by atoms with E-state index in [0.29, 0.717) is 114 Å². The first-order chi connectivity index (χ1) is 45.5. The average molecular weight is 1330 g/mol. The van der Waals surface area contributed by atoms with Gasteiger partial charge in [0.1, 0.15) is 42.0 Å². The summed E-state index contributed by atoms with van der Waals surface area (Å²) in [6, 6.07) is 17.5. The van der Waals surface area contributed by atoms with Crippen LogP contribution in [-0.4, -0.2) is 220 Å². The molecule has 1 aromatic heterocycles. The Morgan fingerprint density at radius 2 is 1.48 bits per heavy atom. The minimum Gasteiger partial charge on any atom is -0.444 e. The Morgan fingerprint density at radius 1 is 0.779 bits per heavy atom. The third kappa shape index (κ3) is 18.8. The molecule has 3 aromatic carbocycles. The van der Waals surface area contributed by atoms with E-state index in [4.69, 9.17) is 16.3 Å². The summed E-state index contributed by atoms with van der Waals surface area (Å²) in [6.45, 7) is 20.9. The summed E-state index contributed by atoms with van der Waals surface area (Å²) in [4.78, 5) is 109. The second-order valence-electron chi connectivity index (χ2n) is 28.6. The van der Waals surface area contributed by atoms with E-state index in [9.17, 15) is 42.7 Å². The Kier molecular flexibility index (Phi) is 24.2. The van der Waals surface area contributed by atoms with Gasteiger partial charge in [-0.25, -0.2) is 23.5 Å². The third-order valence-corrected chi connectivity index (χ3v) is 20.6. The van der Waals surface area contributed by atoms with Crippen molar-refractivity contribution in [1.29, 1.82) is 0 Å². The molecule has 2 aliphatic carbocycles. The Hall–Kier alpha value is -6.85. The van der Waals surface area contributed by atoms with Crippen molar-refractivity contribution >= 4 is 53.0 Å². The number of halogens is 3. The van der Waals surface area contributed by atoms with Gasteiger partial charge in [-0.15, -0.1) is 0 Å². The maximum absolute atomic E-state index is 14.8. The zero-order valence-corrected chi connectivity index (χ0v) is 57.2. The number of aromatic nitrogens is 2. The lowest BCUT2D eigenvalue weighted by molar-refractivity contribution is -0.137. The maximum atomic E-state index is 14.8. The molecule has 20 nitrogen and oxygen atoms in total. The highest BCUT2D eigenvalue weighted by Gasteiger charge is 2.39. The second-order valence-corrected chi connectivity index (χ2v) is 29.0. The number of rotatable bonds is 22. The number of benzene rings is 3. The average Bonchev–Trinajstić information content (AvgIpc) is 1.77. The SMILES string of the molecule is CC(C)N(CCNC(=O)CN1CCC(CN2CCN(C(=O)[C@H](NC(=O)c3cccc(C4CCCN(C(=O)CN(Cc5ccc(F)cc5F)C(=O)OC(C)(C)C)C4)c3)C3CCCCC3)CC2)CC1)C[C@@H](C(=O)N1CCN(c2ncnc3c2[C@H](C)C[C@H]3O)CC1)c1ccc(Cl)cc1. The molecule has 1 unspecified atom stereocenters. The second kappa shape index (κ2) is 32.5. The molecule has 0 radical (unpaired) electrons. The van der Waals surface area contributed by atoms with Crippen LogP contribution in [0.5, 0.6) is 0 Å². The number of nitrogens with one attached hydrogen (secondary N) is 2. The zero-order chi connectivity index (χ0) is 67.5. The van der Waals surface area contributed by atoms with Gasteiger partial charge in [0.25, 0.3) is 5.91 Å². The van der Waals surface area contributed by atoms with E-state index in [1.54, 1.807) is 31.7 Å². The molecule has 5 atom stereocenters. The number of anilines is 1. The number of aliphatic hydroxyl groups is 1. The molecule has 0 spiro atoms. The van der Waals surface area contributed by atoms with Crippen molar-refractivity contribution in [1.82, 2.24) is 54.9 Å². The van der Waals surface area contributed by atoms with Crippen molar-refractivity contribution in [3.05, 3.63) is 123 Å². The molecule has 5 fully saturated rings. The van der Waals surface area contributed by atoms with E-state index < -0.39 is 41.4 Å². The van der Waals surface area contributed by atoms with Crippen molar-refractivity contribution in [2.24, 2.45) is 11.8 Å². The summed E-state index contributed by atoms with van der Waals surface area (Å²) in [6.07, 6.45) is 9.01. The fourth-order valence-corrected chi connectivity index (χ4v) is 15.0. The van der Waals surface area contributed by atoms with Crippen LogP contribution < -0.4 is 15.5 Å². The number of carbonyl (C=O) groups is 6. The minimum atomic E-state index is -0.879. The van der Waals surface area contributed by atoms with Gasteiger partial charge in [0.05, 0.1) is 30.8 Å². The van der Waals surface area contributed by atoms with Crippen LogP contribution in [0.2, 0.25) is 5.02 Å². The number of fused-ring (bicyclic) bond motifs is 1. The highest BCUT2D eigenvalue weighted by Crippen LogP contribution is 2.43. The van der Waals surface area contributed by atoms with Gasteiger partial charge < -0.3 is 40.1 Å². The summed E-state index contributed by atoms with van der Waals surface area (Å²) in [5.41, 5.74) is 3.11. The molecule has 0 bridgehead atoms. The van der Waals surface area contributed by atoms with Crippen LogP contribution in [0.15, 0.2) is 73.1 Å². The Morgan fingerprint density at radius 3 is 2.18 bits per heavy atom. The maximum Gasteiger partial charge on any atom is 0.411 e. The van der Waals surface area contributed by atoms with Crippen LogP contribution in [0.3, 0.4) is 0 Å².